The first kappa shape index (κ1) is 28.8. The molecule has 4 aromatic rings. The maximum Gasteiger partial charge on any atom is 0.264 e. The van der Waals surface area contributed by atoms with Gasteiger partial charge in [-0.15, -0.1) is 10.2 Å². The van der Waals surface area contributed by atoms with Gasteiger partial charge < -0.3 is 24.0 Å². The van der Waals surface area contributed by atoms with E-state index in [2.05, 4.69) is 29.0 Å². The maximum atomic E-state index is 13.3. The van der Waals surface area contributed by atoms with E-state index in [1.54, 1.807) is 32.4 Å². The molecule has 1 unspecified atom stereocenters. The molecule has 0 radical (unpaired) electrons. The van der Waals surface area contributed by atoms with Crippen molar-refractivity contribution in [3.63, 3.8) is 0 Å². The highest BCUT2D eigenvalue weighted by atomic mass is 16.5. The topological polar surface area (TPSA) is 135 Å². The Bertz CT molecular complexity index is 1650. The minimum Gasteiger partial charge on any atom is -0.506 e. The van der Waals surface area contributed by atoms with Gasteiger partial charge in [-0.1, -0.05) is 56.7 Å². The average molecular weight is 570 g/mol. The molecule has 2 aromatic carbocycles. The number of ether oxygens (including phenoxy) is 2. The molecule has 0 bridgehead atoms. The lowest BCUT2D eigenvalue weighted by atomic mass is 9.96. The van der Waals surface area contributed by atoms with Gasteiger partial charge in [0, 0.05) is 23.4 Å². The summed E-state index contributed by atoms with van der Waals surface area (Å²) in [4.78, 5) is 25.8. The summed E-state index contributed by atoms with van der Waals surface area (Å²) < 4.78 is 17.2. The fourth-order valence-corrected chi connectivity index (χ4v) is 5.17. The summed E-state index contributed by atoms with van der Waals surface area (Å²) in [5.74, 6) is 1.71. The van der Waals surface area contributed by atoms with E-state index in [0.29, 0.717) is 53.5 Å². The molecule has 10 nitrogen and oxygen atoms in total. The molecule has 1 aliphatic heterocycles. The molecule has 42 heavy (non-hydrogen) atoms. The third kappa shape index (κ3) is 5.70. The van der Waals surface area contributed by atoms with Crippen LogP contribution < -0.4 is 15.0 Å². The van der Waals surface area contributed by atoms with Crippen molar-refractivity contribution < 1.29 is 19.0 Å². The van der Waals surface area contributed by atoms with Crippen molar-refractivity contribution in [2.24, 2.45) is 9.98 Å². The summed E-state index contributed by atoms with van der Waals surface area (Å²) in [6.07, 6.45) is 4.07. The second kappa shape index (κ2) is 12.8. The van der Waals surface area contributed by atoms with Crippen LogP contribution in [0.1, 0.15) is 56.7 Å². The molecule has 218 valence electrons. The Hall–Kier alpha value is -4.73. The second-order valence-corrected chi connectivity index (χ2v) is 10.0. The number of pyridine rings is 1. The van der Waals surface area contributed by atoms with Gasteiger partial charge in [0.1, 0.15) is 22.8 Å². The number of hydrogen-bond donors (Lipinski definition) is 2. The first-order valence-corrected chi connectivity index (χ1v) is 14.2. The first-order valence-electron chi connectivity index (χ1n) is 14.2. The van der Waals surface area contributed by atoms with Crippen LogP contribution >= 0.6 is 0 Å². The number of aromatic hydroxyl groups is 1. The number of nitrogens with zero attached hydrogens (tertiary/aromatic N) is 4. The van der Waals surface area contributed by atoms with Crippen LogP contribution in [-0.4, -0.2) is 52.1 Å². The van der Waals surface area contributed by atoms with Gasteiger partial charge in [0.05, 0.1) is 31.4 Å². The predicted molar refractivity (Wildman–Crippen MR) is 162 cm³/mol. The highest BCUT2D eigenvalue weighted by Gasteiger charge is 2.28. The lowest BCUT2D eigenvalue weighted by Crippen LogP contribution is -2.15. The van der Waals surface area contributed by atoms with Crippen molar-refractivity contribution in [3.05, 3.63) is 76.0 Å². The molecule has 0 aliphatic carbocycles. The molecule has 0 amide bonds. The molecule has 5 rings (SSSR count). The number of nitrogens with one attached hydrogen (secondary N) is 1. The Morgan fingerprint density at radius 1 is 0.905 bits per heavy atom. The molecule has 2 N–H and O–H groups in total. The lowest BCUT2D eigenvalue weighted by Gasteiger charge is -2.18. The molecule has 10 heteroatoms. The van der Waals surface area contributed by atoms with Gasteiger partial charge in [-0.25, -0.2) is 4.99 Å². The summed E-state index contributed by atoms with van der Waals surface area (Å²) in [5, 5.41) is 19.9. The van der Waals surface area contributed by atoms with Crippen LogP contribution in [0.25, 0.3) is 22.6 Å². The predicted octanol–water partition coefficient (Wildman–Crippen LogP) is 5.77. The van der Waals surface area contributed by atoms with Crippen LogP contribution in [0.5, 0.6) is 17.2 Å². The summed E-state index contributed by atoms with van der Waals surface area (Å²) in [6, 6.07) is 15.2. The van der Waals surface area contributed by atoms with Crippen molar-refractivity contribution in [3.8, 4) is 39.8 Å². The van der Waals surface area contributed by atoms with Crippen molar-refractivity contribution in [1.29, 1.82) is 0 Å². The molecule has 2 aromatic heterocycles. The summed E-state index contributed by atoms with van der Waals surface area (Å²) >= 11 is 0. The zero-order valence-electron chi connectivity index (χ0n) is 24.3. The largest absolute Gasteiger partial charge is 0.506 e. The number of rotatable bonds is 12. The van der Waals surface area contributed by atoms with E-state index in [4.69, 9.17) is 23.9 Å². The minimum absolute atomic E-state index is 0.0106. The normalized spacial score (nSPS) is 14.5. The van der Waals surface area contributed by atoms with E-state index in [1.165, 1.54) is 0 Å². The quantitative estimate of drug-likeness (QED) is 0.221. The Kier molecular flexibility index (Phi) is 8.80. The Morgan fingerprint density at radius 3 is 2.31 bits per heavy atom. The number of aryl methyl sites for hydroxylation is 2. The van der Waals surface area contributed by atoms with Gasteiger partial charge >= 0.3 is 0 Å². The van der Waals surface area contributed by atoms with E-state index >= 15 is 0 Å². The van der Waals surface area contributed by atoms with E-state index in [0.717, 1.165) is 36.4 Å². The maximum absolute atomic E-state index is 13.3. The number of methoxy groups -OCH3 is 2. The lowest BCUT2D eigenvalue weighted by molar-refractivity contribution is 0.396. The number of H-pyrrole nitrogens is 1. The molecule has 0 spiro atoms. The van der Waals surface area contributed by atoms with E-state index in [-0.39, 0.29) is 23.2 Å². The second-order valence-electron chi connectivity index (χ2n) is 10.0. The molecule has 3 heterocycles. The molecular weight excluding hydrogens is 534 g/mol. The van der Waals surface area contributed by atoms with Crippen LogP contribution in [-0.2, 0) is 12.8 Å². The smallest absolute Gasteiger partial charge is 0.264 e. The third-order valence-electron chi connectivity index (χ3n) is 7.33. The number of aliphatic imine (C=N–C) groups is 2. The Morgan fingerprint density at radius 2 is 1.64 bits per heavy atom. The van der Waals surface area contributed by atoms with Gasteiger partial charge in [0.2, 0.25) is 5.89 Å². The summed E-state index contributed by atoms with van der Waals surface area (Å²) in [5.41, 5.74) is 2.82. The molecular formula is C32H35N5O5. The Balaban J connectivity index is 1.47. The number of unbranched alkanes of at least 4 members (excludes halogenated alkanes) is 1. The van der Waals surface area contributed by atoms with E-state index < -0.39 is 5.56 Å². The fourth-order valence-electron chi connectivity index (χ4n) is 5.17. The van der Waals surface area contributed by atoms with Crippen LogP contribution in [0.4, 0.5) is 0 Å². The Labute approximate surface area is 244 Å². The molecule has 1 aliphatic rings. The minimum atomic E-state index is -0.515. The van der Waals surface area contributed by atoms with Crippen molar-refractivity contribution in [2.45, 2.75) is 58.4 Å². The molecule has 1 atom stereocenters. The highest BCUT2D eigenvalue weighted by Crippen LogP contribution is 2.46. The van der Waals surface area contributed by atoms with E-state index in [1.807, 2.05) is 30.3 Å². The zero-order valence-corrected chi connectivity index (χ0v) is 24.3. The van der Waals surface area contributed by atoms with Crippen molar-refractivity contribution in [2.75, 3.05) is 14.2 Å². The number of aromatic nitrogens is 3. The number of aromatic amines is 1. The van der Waals surface area contributed by atoms with Crippen LogP contribution in [0.3, 0.4) is 0 Å². The van der Waals surface area contributed by atoms with Gasteiger partial charge in [-0.3, -0.25) is 9.79 Å². The van der Waals surface area contributed by atoms with Gasteiger partial charge in [-0.2, -0.15) is 0 Å². The van der Waals surface area contributed by atoms with Crippen molar-refractivity contribution >= 4 is 11.5 Å². The summed E-state index contributed by atoms with van der Waals surface area (Å²) in [6.45, 7) is 4.14. The van der Waals surface area contributed by atoms with Crippen LogP contribution in [0.15, 0.2) is 67.7 Å². The molecule has 0 saturated carbocycles. The standard InChI is InChI=1S/C32H35N5O5/c1-5-7-14-22-26(27-23(40-3)15-11-16-24(27)41-4)29(38)28(31(39)35-22)32-37-36-25(42-32)18-17-21-20(6-2)33-30(34-21)19-12-9-8-10-13-19/h8-13,15-16,20H,5-7,14,17-18H2,1-4H3,(H2,35,38,39). The number of amidine groups is 1. The average Bonchev–Trinajstić information content (AvgIpc) is 3.66. The molecule has 0 fully saturated rings. The van der Waals surface area contributed by atoms with Gasteiger partial charge in [-0.05, 0) is 37.8 Å². The van der Waals surface area contributed by atoms with Gasteiger partial charge in [0.15, 0.2) is 5.84 Å². The van der Waals surface area contributed by atoms with Gasteiger partial charge in [0.25, 0.3) is 11.4 Å². The monoisotopic (exact) mass is 569 g/mol. The summed E-state index contributed by atoms with van der Waals surface area (Å²) in [7, 11) is 3.09. The first-order chi connectivity index (χ1) is 20.5. The fraction of sp³-hybridized carbons (Fsp3) is 0.344. The number of hydrogen-bond acceptors (Lipinski definition) is 9. The highest BCUT2D eigenvalue weighted by molar-refractivity contribution is 6.12. The molecule has 0 saturated heterocycles. The van der Waals surface area contributed by atoms with Crippen LogP contribution in [0.2, 0.25) is 0 Å². The van der Waals surface area contributed by atoms with Crippen molar-refractivity contribution in [1.82, 2.24) is 15.2 Å². The number of benzene rings is 2. The zero-order chi connectivity index (χ0) is 29.6. The SMILES string of the molecule is CCCCc1[nH]c(=O)c(-c2nnc(CCC3=NC(c4ccccc4)=NC3CC)o2)c(O)c1-c1c(OC)cccc1OC. The van der Waals surface area contributed by atoms with E-state index in [9.17, 15) is 9.90 Å². The van der Waals surface area contributed by atoms with Crippen LogP contribution in [0, 0.1) is 0 Å². The third-order valence-corrected chi connectivity index (χ3v) is 7.33.